The summed E-state index contributed by atoms with van der Waals surface area (Å²) in [5.74, 6) is 1.10. The molecular weight excluding hydrogens is 483 g/mol. The maximum absolute atomic E-state index is 13.3. The Labute approximate surface area is 210 Å². The molecule has 10 heteroatoms. The fourth-order valence-corrected chi connectivity index (χ4v) is 5.26. The van der Waals surface area contributed by atoms with Crippen LogP contribution in [0.5, 0.6) is 0 Å². The van der Waals surface area contributed by atoms with Crippen LogP contribution < -0.4 is 5.73 Å². The minimum absolute atomic E-state index is 0. The average molecular weight is 510 g/mol. The lowest BCUT2D eigenvalue weighted by Crippen LogP contribution is -2.50. The van der Waals surface area contributed by atoms with E-state index in [0.717, 1.165) is 42.1 Å². The second kappa shape index (κ2) is 10.4. The van der Waals surface area contributed by atoms with Gasteiger partial charge in [0, 0.05) is 54.1 Å². The van der Waals surface area contributed by atoms with Gasteiger partial charge in [0.2, 0.25) is 5.82 Å². The summed E-state index contributed by atoms with van der Waals surface area (Å²) >= 11 is 6.23. The van der Waals surface area contributed by atoms with Crippen molar-refractivity contribution < 1.29 is 4.79 Å². The summed E-state index contributed by atoms with van der Waals surface area (Å²) in [6.45, 7) is 1.94. The molecule has 1 amide bonds. The molecule has 1 fully saturated rings. The van der Waals surface area contributed by atoms with Crippen molar-refractivity contribution >= 4 is 42.3 Å². The lowest BCUT2D eigenvalue weighted by atomic mass is 9.68. The maximum atomic E-state index is 13.3. The summed E-state index contributed by atoms with van der Waals surface area (Å²) in [7, 11) is 0. The van der Waals surface area contributed by atoms with Crippen LogP contribution in [-0.2, 0) is 12.0 Å². The maximum Gasteiger partial charge on any atom is 0.292 e. The van der Waals surface area contributed by atoms with Crippen molar-refractivity contribution in [1.82, 2.24) is 24.6 Å². The molecule has 0 unspecified atom stereocenters. The van der Waals surface area contributed by atoms with E-state index in [-0.39, 0.29) is 42.2 Å². The third-order valence-corrected chi connectivity index (χ3v) is 7.12. The van der Waals surface area contributed by atoms with Crippen LogP contribution in [0.4, 0.5) is 0 Å². The number of aromatic nitrogens is 4. The fraction of sp³-hybridized carbons (Fsp3) is 0.391. The predicted molar refractivity (Wildman–Crippen MR) is 133 cm³/mol. The molecule has 2 aromatic heterocycles. The minimum atomic E-state index is -0.0746. The van der Waals surface area contributed by atoms with Crippen LogP contribution in [-0.4, -0.2) is 49.7 Å². The van der Waals surface area contributed by atoms with Crippen LogP contribution in [0.15, 0.2) is 48.8 Å². The Morgan fingerprint density at radius 3 is 2.39 bits per heavy atom. The van der Waals surface area contributed by atoms with E-state index in [0.29, 0.717) is 25.5 Å². The average Bonchev–Trinajstić information content (AvgIpc) is 3.25. The van der Waals surface area contributed by atoms with Gasteiger partial charge in [-0.25, -0.2) is 0 Å². The molecule has 0 radical (unpaired) electrons. The number of hydrogen-bond donors (Lipinski definition) is 1. The van der Waals surface area contributed by atoms with Gasteiger partial charge >= 0.3 is 0 Å². The lowest BCUT2D eigenvalue weighted by Gasteiger charge is -2.44. The number of hydrogen-bond acceptors (Lipinski definition) is 5. The van der Waals surface area contributed by atoms with Crippen molar-refractivity contribution in [3.8, 4) is 11.4 Å². The highest BCUT2D eigenvalue weighted by atomic mass is 35.5. The molecule has 7 nitrogen and oxygen atoms in total. The number of carbonyl (C=O) groups is 1. The predicted octanol–water partition coefficient (Wildman–Crippen LogP) is 4.13. The van der Waals surface area contributed by atoms with Crippen LogP contribution >= 0.6 is 36.4 Å². The van der Waals surface area contributed by atoms with Gasteiger partial charge in [0.1, 0.15) is 0 Å². The highest BCUT2D eigenvalue weighted by Gasteiger charge is 2.40. The van der Waals surface area contributed by atoms with Crippen molar-refractivity contribution in [1.29, 1.82) is 0 Å². The molecular formula is C23H27Cl3N6O. The molecule has 33 heavy (non-hydrogen) atoms. The molecule has 5 rings (SSSR count). The van der Waals surface area contributed by atoms with E-state index in [1.807, 2.05) is 39.8 Å². The Kier molecular flexibility index (Phi) is 8.00. The summed E-state index contributed by atoms with van der Waals surface area (Å²) in [4.78, 5) is 19.3. The number of rotatable bonds is 4. The summed E-state index contributed by atoms with van der Waals surface area (Å²) < 4.78 is 1.92. The zero-order valence-corrected chi connectivity index (χ0v) is 20.5. The molecule has 0 spiro atoms. The third kappa shape index (κ3) is 4.60. The molecule has 0 atom stereocenters. The quantitative estimate of drug-likeness (QED) is 0.571. The number of fused-ring (bicyclic) bond motifs is 1. The van der Waals surface area contributed by atoms with Gasteiger partial charge in [-0.15, -0.1) is 35.0 Å². The van der Waals surface area contributed by atoms with Crippen molar-refractivity contribution in [3.63, 3.8) is 0 Å². The normalized spacial score (nSPS) is 22.2. The van der Waals surface area contributed by atoms with Gasteiger partial charge in [-0.1, -0.05) is 23.7 Å². The number of benzene rings is 1. The van der Waals surface area contributed by atoms with Crippen molar-refractivity contribution in [2.75, 3.05) is 13.1 Å². The molecule has 1 aliphatic heterocycles. The van der Waals surface area contributed by atoms with Crippen LogP contribution in [0, 0.1) is 0 Å². The number of halogens is 3. The number of amides is 1. The molecule has 3 heterocycles. The Balaban J connectivity index is 0.00000153. The Morgan fingerprint density at radius 1 is 1.03 bits per heavy atom. The van der Waals surface area contributed by atoms with Gasteiger partial charge in [0.05, 0.1) is 0 Å². The van der Waals surface area contributed by atoms with Crippen LogP contribution in [0.2, 0.25) is 5.02 Å². The van der Waals surface area contributed by atoms with Gasteiger partial charge in [0.15, 0.2) is 5.82 Å². The molecule has 0 bridgehead atoms. The molecule has 1 aromatic carbocycles. The van der Waals surface area contributed by atoms with Crippen LogP contribution in [0.3, 0.4) is 0 Å². The molecule has 2 aliphatic rings. The van der Waals surface area contributed by atoms with E-state index in [4.69, 9.17) is 17.3 Å². The van der Waals surface area contributed by atoms with Crippen LogP contribution in [0.25, 0.3) is 11.4 Å². The van der Waals surface area contributed by atoms with E-state index >= 15 is 0 Å². The van der Waals surface area contributed by atoms with Crippen molar-refractivity contribution in [2.24, 2.45) is 5.73 Å². The lowest BCUT2D eigenvalue weighted by molar-refractivity contribution is 0.0523. The molecule has 3 aromatic rings. The summed E-state index contributed by atoms with van der Waals surface area (Å²) in [6, 6.07) is 12.0. The molecule has 0 saturated heterocycles. The SMILES string of the molecule is Cl.Cl.NCC1(c2cccc(Cl)c2)CCC(N2CCn3c(nnc3-c3ccncc3)C2=O)CC1. The molecule has 176 valence electrons. The Hall–Kier alpha value is -2.19. The van der Waals surface area contributed by atoms with E-state index in [1.165, 1.54) is 5.56 Å². The number of pyridine rings is 1. The first-order valence-corrected chi connectivity index (χ1v) is 11.1. The number of nitrogens with zero attached hydrogens (tertiary/aromatic N) is 5. The fourth-order valence-electron chi connectivity index (χ4n) is 5.07. The molecule has 1 saturated carbocycles. The van der Waals surface area contributed by atoms with E-state index in [2.05, 4.69) is 21.2 Å². The number of carbonyl (C=O) groups excluding carboxylic acids is 1. The second-order valence-electron chi connectivity index (χ2n) is 8.46. The van der Waals surface area contributed by atoms with Gasteiger partial charge in [-0.3, -0.25) is 9.78 Å². The smallest absolute Gasteiger partial charge is 0.292 e. The largest absolute Gasteiger partial charge is 0.331 e. The second-order valence-corrected chi connectivity index (χ2v) is 8.90. The summed E-state index contributed by atoms with van der Waals surface area (Å²) in [5.41, 5.74) is 8.29. The summed E-state index contributed by atoms with van der Waals surface area (Å²) in [6.07, 6.45) is 7.15. The Morgan fingerprint density at radius 2 is 1.73 bits per heavy atom. The topological polar surface area (TPSA) is 89.9 Å². The van der Waals surface area contributed by atoms with Crippen molar-refractivity contribution in [3.05, 3.63) is 65.2 Å². The first-order valence-electron chi connectivity index (χ1n) is 10.7. The minimum Gasteiger partial charge on any atom is -0.331 e. The third-order valence-electron chi connectivity index (χ3n) is 6.89. The summed E-state index contributed by atoms with van der Waals surface area (Å²) in [5, 5.41) is 9.26. The van der Waals surface area contributed by atoms with E-state index in [9.17, 15) is 4.79 Å². The highest BCUT2D eigenvalue weighted by Crippen LogP contribution is 2.41. The zero-order chi connectivity index (χ0) is 21.4. The molecule has 1 aliphatic carbocycles. The number of nitrogens with two attached hydrogens (primary N) is 1. The van der Waals surface area contributed by atoms with Crippen LogP contribution in [0.1, 0.15) is 41.9 Å². The zero-order valence-electron chi connectivity index (χ0n) is 18.1. The van der Waals surface area contributed by atoms with Gasteiger partial charge < -0.3 is 15.2 Å². The first kappa shape index (κ1) is 25.4. The van der Waals surface area contributed by atoms with E-state index in [1.54, 1.807) is 12.4 Å². The van der Waals surface area contributed by atoms with Gasteiger partial charge in [-0.05, 0) is 55.5 Å². The molecule has 2 N–H and O–H groups in total. The standard InChI is InChI=1S/C23H25ClN6O.2ClH/c24-18-3-1-2-17(14-18)23(15-25)8-4-19(5-9-23)29-12-13-30-20(16-6-10-26-11-7-16)27-28-21(30)22(29)31;;/h1-3,6-7,10-11,14,19H,4-5,8-9,12-13,15,25H2;2*1H. The van der Waals surface area contributed by atoms with Crippen molar-refractivity contribution in [2.45, 2.75) is 43.7 Å². The van der Waals surface area contributed by atoms with Gasteiger partial charge in [-0.2, -0.15) is 0 Å². The Bertz CT molecular complexity index is 1100. The highest BCUT2D eigenvalue weighted by molar-refractivity contribution is 6.30. The van der Waals surface area contributed by atoms with E-state index < -0.39 is 0 Å². The monoisotopic (exact) mass is 508 g/mol. The first-order chi connectivity index (χ1) is 15.1. The van der Waals surface area contributed by atoms with Gasteiger partial charge in [0.25, 0.3) is 5.91 Å².